The molecule has 3 rings (SSSR count). The smallest absolute Gasteiger partial charge is 0.119 e. The Kier molecular flexibility index (Phi) is 7.08. The molecule has 0 aliphatic carbocycles. The number of hydrogen-bond donors (Lipinski definition) is 0. The first kappa shape index (κ1) is 19.9. The number of hydrogen-bond acceptors (Lipinski definition) is 1. The van der Waals surface area contributed by atoms with Crippen molar-refractivity contribution < 1.29 is 4.74 Å². The van der Waals surface area contributed by atoms with Gasteiger partial charge in [-0.05, 0) is 58.7 Å². The van der Waals surface area contributed by atoms with Crippen molar-refractivity contribution in [1.82, 2.24) is 0 Å². The second-order valence-electron chi connectivity index (χ2n) is 7.49. The highest BCUT2D eigenvalue weighted by molar-refractivity contribution is 5.98. The van der Waals surface area contributed by atoms with E-state index in [9.17, 15) is 0 Å². The SMILES string of the molecule is CC/C(=C(\c1ccccc1)c1ccc(OCCC(C)C)cc1)c1ccccc1. The first-order chi connectivity index (χ1) is 13.7. The summed E-state index contributed by atoms with van der Waals surface area (Å²) in [7, 11) is 0. The first-order valence-corrected chi connectivity index (χ1v) is 10.3. The molecular weight excluding hydrogens is 340 g/mol. The molecule has 0 saturated carbocycles. The van der Waals surface area contributed by atoms with E-state index in [1.165, 1.54) is 27.8 Å². The molecule has 1 heteroatoms. The minimum absolute atomic E-state index is 0.657. The Morgan fingerprint density at radius 3 is 1.79 bits per heavy atom. The molecule has 0 N–H and O–H groups in total. The standard InChI is InChI=1S/C27H30O/c1-4-26(22-11-7-5-8-12-22)27(23-13-9-6-10-14-23)24-15-17-25(18-16-24)28-20-19-21(2)3/h5-18,21H,4,19-20H2,1-3H3/b27-26-. The molecule has 0 aromatic heterocycles. The van der Waals surface area contributed by atoms with E-state index < -0.39 is 0 Å². The van der Waals surface area contributed by atoms with Crippen LogP contribution in [0.25, 0.3) is 11.1 Å². The van der Waals surface area contributed by atoms with E-state index in [-0.39, 0.29) is 0 Å². The molecule has 0 spiro atoms. The fourth-order valence-corrected chi connectivity index (χ4v) is 3.41. The summed E-state index contributed by atoms with van der Waals surface area (Å²) < 4.78 is 5.91. The third kappa shape index (κ3) is 5.13. The first-order valence-electron chi connectivity index (χ1n) is 10.3. The molecule has 28 heavy (non-hydrogen) atoms. The lowest BCUT2D eigenvalue weighted by Crippen LogP contribution is -2.01. The molecule has 0 atom stereocenters. The maximum absolute atomic E-state index is 5.91. The van der Waals surface area contributed by atoms with Crippen LogP contribution in [0.3, 0.4) is 0 Å². The van der Waals surface area contributed by atoms with E-state index >= 15 is 0 Å². The van der Waals surface area contributed by atoms with Crippen molar-refractivity contribution in [3.05, 3.63) is 102 Å². The number of ether oxygens (including phenoxy) is 1. The summed E-state index contributed by atoms with van der Waals surface area (Å²) in [4.78, 5) is 0. The number of benzene rings is 3. The summed E-state index contributed by atoms with van der Waals surface area (Å²) in [5.74, 6) is 1.60. The maximum atomic E-state index is 5.91. The van der Waals surface area contributed by atoms with Gasteiger partial charge in [0.2, 0.25) is 0 Å². The zero-order valence-corrected chi connectivity index (χ0v) is 17.2. The summed E-state index contributed by atoms with van der Waals surface area (Å²) in [6.07, 6.45) is 2.05. The Morgan fingerprint density at radius 1 is 0.714 bits per heavy atom. The van der Waals surface area contributed by atoms with Crippen LogP contribution in [-0.2, 0) is 0 Å². The Labute approximate surface area is 169 Å². The van der Waals surface area contributed by atoms with E-state index in [0.29, 0.717) is 5.92 Å². The molecule has 0 aliphatic heterocycles. The zero-order chi connectivity index (χ0) is 19.8. The van der Waals surface area contributed by atoms with Crippen LogP contribution < -0.4 is 4.74 Å². The molecule has 0 heterocycles. The van der Waals surface area contributed by atoms with Gasteiger partial charge < -0.3 is 4.74 Å². The summed E-state index contributed by atoms with van der Waals surface area (Å²) in [6.45, 7) is 7.44. The molecule has 144 valence electrons. The number of rotatable bonds is 8. The normalized spacial score (nSPS) is 12.0. The van der Waals surface area contributed by atoms with E-state index in [0.717, 1.165) is 25.2 Å². The van der Waals surface area contributed by atoms with Gasteiger partial charge in [0.25, 0.3) is 0 Å². The van der Waals surface area contributed by atoms with Crippen molar-refractivity contribution in [2.75, 3.05) is 6.61 Å². The van der Waals surface area contributed by atoms with Crippen LogP contribution in [0.4, 0.5) is 0 Å². The second kappa shape index (κ2) is 9.94. The van der Waals surface area contributed by atoms with Gasteiger partial charge >= 0.3 is 0 Å². The van der Waals surface area contributed by atoms with Gasteiger partial charge in [-0.2, -0.15) is 0 Å². The second-order valence-corrected chi connectivity index (χ2v) is 7.49. The van der Waals surface area contributed by atoms with Crippen molar-refractivity contribution in [2.24, 2.45) is 5.92 Å². The van der Waals surface area contributed by atoms with Gasteiger partial charge in [-0.15, -0.1) is 0 Å². The van der Waals surface area contributed by atoms with Crippen molar-refractivity contribution >= 4 is 11.1 Å². The Hall–Kier alpha value is -2.80. The summed E-state index contributed by atoms with van der Waals surface area (Å²) >= 11 is 0. The summed E-state index contributed by atoms with van der Waals surface area (Å²) in [5.41, 5.74) is 6.41. The van der Waals surface area contributed by atoms with Gasteiger partial charge in [-0.3, -0.25) is 0 Å². The third-order valence-corrected chi connectivity index (χ3v) is 4.95. The molecule has 0 radical (unpaired) electrons. The molecular formula is C27H30O. The zero-order valence-electron chi connectivity index (χ0n) is 17.2. The lowest BCUT2D eigenvalue weighted by atomic mass is 9.88. The molecule has 0 aliphatic rings. The lowest BCUT2D eigenvalue weighted by Gasteiger charge is -2.17. The van der Waals surface area contributed by atoms with Crippen molar-refractivity contribution in [2.45, 2.75) is 33.6 Å². The average Bonchev–Trinajstić information content (AvgIpc) is 2.73. The Balaban J connectivity index is 2.00. The van der Waals surface area contributed by atoms with Crippen LogP contribution in [0, 0.1) is 5.92 Å². The molecule has 0 amide bonds. The monoisotopic (exact) mass is 370 g/mol. The van der Waals surface area contributed by atoms with E-state index in [1.807, 2.05) is 0 Å². The molecule has 0 bridgehead atoms. The van der Waals surface area contributed by atoms with Gasteiger partial charge in [0.1, 0.15) is 5.75 Å². The Morgan fingerprint density at radius 2 is 1.25 bits per heavy atom. The van der Waals surface area contributed by atoms with Crippen molar-refractivity contribution in [3.63, 3.8) is 0 Å². The van der Waals surface area contributed by atoms with Gasteiger partial charge in [0.15, 0.2) is 0 Å². The molecule has 0 unspecified atom stereocenters. The molecule has 0 saturated heterocycles. The lowest BCUT2D eigenvalue weighted by molar-refractivity contribution is 0.289. The van der Waals surface area contributed by atoms with Gasteiger partial charge in [-0.1, -0.05) is 93.6 Å². The fourth-order valence-electron chi connectivity index (χ4n) is 3.41. The van der Waals surface area contributed by atoms with Crippen LogP contribution >= 0.6 is 0 Å². The van der Waals surface area contributed by atoms with E-state index in [4.69, 9.17) is 4.74 Å². The quantitative estimate of drug-likeness (QED) is 0.373. The highest BCUT2D eigenvalue weighted by Crippen LogP contribution is 2.34. The van der Waals surface area contributed by atoms with Gasteiger partial charge in [0.05, 0.1) is 6.61 Å². The average molecular weight is 371 g/mol. The predicted octanol–water partition coefficient (Wildman–Crippen LogP) is 7.48. The molecule has 1 nitrogen and oxygen atoms in total. The topological polar surface area (TPSA) is 9.23 Å². The Bertz CT molecular complexity index is 875. The van der Waals surface area contributed by atoms with Crippen LogP contribution in [0.2, 0.25) is 0 Å². The van der Waals surface area contributed by atoms with Crippen LogP contribution in [-0.4, -0.2) is 6.61 Å². The van der Waals surface area contributed by atoms with Crippen LogP contribution in [0.15, 0.2) is 84.9 Å². The van der Waals surface area contributed by atoms with Crippen LogP contribution in [0.1, 0.15) is 50.3 Å². The minimum Gasteiger partial charge on any atom is -0.494 e. The van der Waals surface area contributed by atoms with Crippen molar-refractivity contribution in [3.8, 4) is 5.75 Å². The fraction of sp³-hybridized carbons (Fsp3) is 0.259. The molecule has 3 aromatic rings. The summed E-state index contributed by atoms with van der Waals surface area (Å²) in [5, 5.41) is 0. The minimum atomic E-state index is 0.657. The van der Waals surface area contributed by atoms with Gasteiger partial charge in [0, 0.05) is 0 Å². The molecule has 3 aromatic carbocycles. The highest BCUT2D eigenvalue weighted by Gasteiger charge is 2.13. The third-order valence-electron chi connectivity index (χ3n) is 4.95. The largest absolute Gasteiger partial charge is 0.494 e. The number of allylic oxidation sites excluding steroid dienone is 1. The summed E-state index contributed by atoms with van der Waals surface area (Å²) in [6, 6.07) is 29.9. The molecule has 0 fully saturated rings. The van der Waals surface area contributed by atoms with Crippen molar-refractivity contribution in [1.29, 1.82) is 0 Å². The van der Waals surface area contributed by atoms with Crippen LogP contribution in [0.5, 0.6) is 5.75 Å². The highest BCUT2D eigenvalue weighted by atomic mass is 16.5. The van der Waals surface area contributed by atoms with E-state index in [1.54, 1.807) is 0 Å². The van der Waals surface area contributed by atoms with E-state index in [2.05, 4.69) is 106 Å². The predicted molar refractivity (Wildman–Crippen MR) is 120 cm³/mol. The van der Waals surface area contributed by atoms with Gasteiger partial charge in [-0.25, -0.2) is 0 Å². The maximum Gasteiger partial charge on any atom is 0.119 e.